The summed E-state index contributed by atoms with van der Waals surface area (Å²) in [7, 11) is 0. The van der Waals surface area contributed by atoms with Gasteiger partial charge < -0.3 is 4.42 Å². The molecule has 0 atom stereocenters. The Morgan fingerprint density at radius 2 is 1.44 bits per heavy atom. The van der Waals surface area contributed by atoms with Gasteiger partial charge in [-0.05, 0) is 23.3 Å². The highest BCUT2D eigenvalue weighted by atomic mass is 16.4. The molecule has 3 aromatic carbocycles. The van der Waals surface area contributed by atoms with E-state index in [1.807, 2.05) is 60.7 Å². The largest absolute Gasteiger partial charge is 0.439 e. The topological polar surface area (TPSA) is 59.3 Å². The zero-order valence-electron chi connectivity index (χ0n) is 14.5. The first kappa shape index (κ1) is 16.8. The Morgan fingerprint density at radius 3 is 2.19 bits per heavy atom. The highest BCUT2D eigenvalue weighted by Gasteiger charge is 2.18. The zero-order valence-corrected chi connectivity index (χ0v) is 14.5. The van der Waals surface area contributed by atoms with E-state index in [0.717, 1.165) is 5.56 Å². The quantitative estimate of drug-likeness (QED) is 0.580. The van der Waals surface area contributed by atoms with Crippen LogP contribution in [-0.2, 0) is 11.2 Å². The van der Waals surface area contributed by atoms with Gasteiger partial charge in [-0.3, -0.25) is 14.9 Å². The summed E-state index contributed by atoms with van der Waals surface area (Å²) in [6.07, 6.45) is 0.200. The van der Waals surface area contributed by atoms with Crippen molar-refractivity contribution in [2.24, 2.45) is 0 Å². The van der Waals surface area contributed by atoms with Crippen LogP contribution >= 0.6 is 0 Å². The van der Waals surface area contributed by atoms with Gasteiger partial charge in [0.25, 0.3) is 0 Å². The third-order valence-electron chi connectivity index (χ3n) is 4.32. The van der Waals surface area contributed by atoms with Crippen molar-refractivity contribution in [2.75, 3.05) is 5.32 Å². The first-order valence-electron chi connectivity index (χ1n) is 8.67. The van der Waals surface area contributed by atoms with Crippen LogP contribution in [0.1, 0.15) is 5.56 Å². The number of amides is 1. The smallest absolute Gasteiger partial charge is 0.231 e. The fourth-order valence-corrected chi connectivity index (χ4v) is 3.05. The number of hydrogen-bond acceptors (Lipinski definition) is 3. The highest BCUT2D eigenvalue weighted by molar-refractivity contribution is 5.96. The Hall–Kier alpha value is -3.66. The second-order valence-electron chi connectivity index (χ2n) is 6.21. The number of anilines is 1. The van der Waals surface area contributed by atoms with Crippen LogP contribution in [0.4, 0.5) is 5.88 Å². The number of carbonyl (C=O) groups is 1. The Kier molecular flexibility index (Phi) is 4.54. The normalized spacial score (nSPS) is 10.7. The van der Waals surface area contributed by atoms with Gasteiger partial charge in [0, 0.05) is 0 Å². The molecule has 0 saturated heterocycles. The molecule has 1 heterocycles. The molecule has 4 rings (SSSR count). The van der Waals surface area contributed by atoms with E-state index in [9.17, 15) is 9.59 Å². The molecular weight excluding hydrogens is 338 g/mol. The zero-order chi connectivity index (χ0) is 18.6. The van der Waals surface area contributed by atoms with Gasteiger partial charge >= 0.3 is 0 Å². The summed E-state index contributed by atoms with van der Waals surface area (Å²) < 4.78 is 5.90. The molecule has 0 aliphatic heterocycles. The average molecular weight is 355 g/mol. The monoisotopic (exact) mass is 355 g/mol. The van der Waals surface area contributed by atoms with Gasteiger partial charge in [-0.25, -0.2) is 0 Å². The first-order valence-corrected chi connectivity index (χ1v) is 8.67. The third kappa shape index (κ3) is 3.51. The van der Waals surface area contributed by atoms with E-state index in [4.69, 9.17) is 4.42 Å². The predicted octanol–water partition coefficient (Wildman–Crippen LogP) is 4.64. The average Bonchev–Trinajstić information content (AvgIpc) is 2.69. The summed E-state index contributed by atoms with van der Waals surface area (Å²) in [5.74, 6) is -0.0670. The Morgan fingerprint density at radius 1 is 0.815 bits per heavy atom. The van der Waals surface area contributed by atoms with Crippen molar-refractivity contribution in [3.05, 3.63) is 101 Å². The molecule has 4 heteroatoms. The molecule has 0 unspecified atom stereocenters. The Bertz CT molecular complexity index is 1150. The van der Waals surface area contributed by atoms with E-state index in [-0.39, 0.29) is 23.6 Å². The predicted molar refractivity (Wildman–Crippen MR) is 107 cm³/mol. The summed E-state index contributed by atoms with van der Waals surface area (Å²) in [6.45, 7) is 0. The van der Waals surface area contributed by atoms with Crippen molar-refractivity contribution < 1.29 is 9.21 Å². The standard InChI is InChI=1S/C23H17NO3/c25-20(15-16-9-3-1-4-10-16)24-23-21(17-11-5-2-6-12-17)22(26)18-13-7-8-14-19(18)27-23/h1-14H,15H2,(H,24,25). The van der Waals surface area contributed by atoms with Crippen LogP contribution in [0.3, 0.4) is 0 Å². The van der Waals surface area contributed by atoms with Crippen LogP contribution in [0.2, 0.25) is 0 Å². The van der Waals surface area contributed by atoms with E-state index in [2.05, 4.69) is 5.32 Å². The molecule has 0 aliphatic carbocycles. The minimum absolute atomic E-state index is 0.168. The van der Waals surface area contributed by atoms with Crippen LogP contribution in [-0.4, -0.2) is 5.91 Å². The lowest BCUT2D eigenvalue weighted by Crippen LogP contribution is -2.18. The molecule has 4 aromatic rings. The summed E-state index contributed by atoms with van der Waals surface area (Å²) in [5, 5.41) is 3.27. The molecule has 0 bridgehead atoms. The lowest BCUT2D eigenvalue weighted by Gasteiger charge is -2.11. The van der Waals surface area contributed by atoms with Gasteiger partial charge in [0.05, 0.1) is 17.4 Å². The van der Waals surface area contributed by atoms with Gasteiger partial charge in [0.2, 0.25) is 17.2 Å². The van der Waals surface area contributed by atoms with E-state index >= 15 is 0 Å². The van der Waals surface area contributed by atoms with Crippen LogP contribution < -0.4 is 10.7 Å². The van der Waals surface area contributed by atoms with Crippen molar-refractivity contribution in [1.82, 2.24) is 0 Å². The van der Waals surface area contributed by atoms with Crippen LogP contribution in [0.25, 0.3) is 22.1 Å². The Balaban J connectivity index is 1.79. The number of fused-ring (bicyclic) bond motifs is 1. The molecular formula is C23H17NO3. The fourth-order valence-electron chi connectivity index (χ4n) is 3.05. The highest BCUT2D eigenvalue weighted by Crippen LogP contribution is 2.28. The molecule has 0 aliphatic rings. The molecule has 0 fully saturated rings. The number of hydrogen-bond donors (Lipinski definition) is 1. The summed E-state index contributed by atoms with van der Waals surface area (Å²) >= 11 is 0. The molecule has 0 saturated carbocycles. The van der Waals surface area contributed by atoms with Crippen molar-refractivity contribution >= 4 is 22.8 Å². The number of para-hydroxylation sites is 1. The maximum Gasteiger partial charge on any atom is 0.231 e. The second-order valence-corrected chi connectivity index (χ2v) is 6.21. The van der Waals surface area contributed by atoms with E-state index in [0.29, 0.717) is 22.1 Å². The minimum Gasteiger partial charge on any atom is -0.439 e. The maximum absolute atomic E-state index is 13.1. The maximum atomic E-state index is 13.1. The van der Waals surface area contributed by atoms with Crippen molar-refractivity contribution in [3.8, 4) is 11.1 Å². The van der Waals surface area contributed by atoms with Gasteiger partial charge in [-0.2, -0.15) is 0 Å². The van der Waals surface area contributed by atoms with E-state index in [1.54, 1.807) is 24.3 Å². The van der Waals surface area contributed by atoms with Gasteiger partial charge in [0.1, 0.15) is 5.58 Å². The molecule has 1 aromatic heterocycles. The summed E-state index contributed by atoms with van der Waals surface area (Å²) in [6, 6.07) is 25.7. The minimum atomic E-state index is -0.239. The lowest BCUT2D eigenvalue weighted by atomic mass is 10.0. The summed E-state index contributed by atoms with van der Waals surface area (Å²) in [5.41, 5.74) is 2.22. The third-order valence-corrected chi connectivity index (χ3v) is 4.32. The van der Waals surface area contributed by atoms with E-state index in [1.165, 1.54) is 0 Å². The molecule has 0 spiro atoms. The van der Waals surface area contributed by atoms with Crippen LogP contribution in [0, 0.1) is 0 Å². The van der Waals surface area contributed by atoms with Gasteiger partial charge in [-0.15, -0.1) is 0 Å². The van der Waals surface area contributed by atoms with Crippen LogP contribution in [0.5, 0.6) is 0 Å². The molecule has 1 amide bonds. The van der Waals surface area contributed by atoms with E-state index < -0.39 is 0 Å². The fraction of sp³-hybridized carbons (Fsp3) is 0.0435. The molecule has 1 N–H and O–H groups in total. The van der Waals surface area contributed by atoms with Crippen molar-refractivity contribution in [2.45, 2.75) is 6.42 Å². The van der Waals surface area contributed by atoms with Gasteiger partial charge in [-0.1, -0.05) is 72.8 Å². The molecule has 132 valence electrons. The lowest BCUT2D eigenvalue weighted by molar-refractivity contribution is -0.115. The van der Waals surface area contributed by atoms with Crippen molar-refractivity contribution in [3.63, 3.8) is 0 Å². The number of nitrogens with one attached hydrogen (secondary N) is 1. The van der Waals surface area contributed by atoms with Gasteiger partial charge in [0.15, 0.2) is 0 Å². The van der Waals surface area contributed by atoms with Crippen LogP contribution in [0.15, 0.2) is 94.1 Å². The molecule has 27 heavy (non-hydrogen) atoms. The molecule has 0 radical (unpaired) electrons. The molecule has 4 nitrogen and oxygen atoms in total. The number of carbonyl (C=O) groups excluding carboxylic acids is 1. The summed E-state index contributed by atoms with van der Waals surface area (Å²) in [4.78, 5) is 25.6. The number of benzene rings is 3. The number of rotatable bonds is 4. The second kappa shape index (κ2) is 7.30. The van der Waals surface area contributed by atoms with Crippen molar-refractivity contribution in [1.29, 1.82) is 0 Å². The Labute approximate surface area is 156 Å². The SMILES string of the molecule is O=C(Cc1ccccc1)Nc1oc2ccccc2c(=O)c1-c1ccccc1. The first-order chi connectivity index (χ1) is 13.2.